The molecule has 0 aromatic heterocycles. The van der Waals surface area contributed by atoms with E-state index in [0.717, 1.165) is 44.4 Å². The topological polar surface area (TPSA) is 69.2 Å². The van der Waals surface area contributed by atoms with Crippen molar-refractivity contribution in [1.29, 1.82) is 0 Å². The fourth-order valence-electron chi connectivity index (χ4n) is 3.48. The van der Waals surface area contributed by atoms with Crippen LogP contribution in [0, 0.1) is 0 Å². The number of anilines is 1. The summed E-state index contributed by atoms with van der Waals surface area (Å²) in [5, 5.41) is 6.76. The zero-order chi connectivity index (χ0) is 22.1. The van der Waals surface area contributed by atoms with Crippen molar-refractivity contribution in [1.82, 2.24) is 15.5 Å². The number of para-hydroxylation sites is 1. The standard InChI is InChI=1S/C24H33N5O2/c1-4-25-24(26-17-19-9-11-20(12-10-19)23(30)28(2)3)27-18-21-7-5-6-8-22(21)29-13-15-31-16-14-29/h5-12H,4,13-18H2,1-3H3,(H2,25,26,27). The second kappa shape index (κ2) is 11.4. The van der Waals surface area contributed by atoms with Gasteiger partial charge in [-0.1, -0.05) is 30.3 Å². The number of hydrogen-bond donors (Lipinski definition) is 2. The summed E-state index contributed by atoms with van der Waals surface area (Å²) in [5.41, 5.74) is 4.22. The predicted molar refractivity (Wildman–Crippen MR) is 126 cm³/mol. The highest BCUT2D eigenvalue weighted by atomic mass is 16.5. The average molecular weight is 424 g/mol. The first-order chi connectivity index (χ1) is 15.1. The van der Waals surface area contributed by atoms with Crippen LogP contribution in [0.25, 0.3) is 0 Å². The number of amides is 1. The van der Waals surface area contributed by atoms with E-state index in [0.29, 0.717) is 18.7 Å². The summed E-state index contributed by atoms with van der Waals surface area (Å²) in [5.74, 6) is 0.775. The van der Waals surface area contributed by atoms with Crippen molar-refractivity contribution < 1.29 is 9.53 Å². The lowest BCUT2D eigenvalue weighted by Gasteiger charge is -2.30. The number of aliphatic imine (C=N–C) groups is 1. The molecule has 0 bridgehead atoms. The first-order valence-electron chi connectivity index (χ1n) is 10.8. The molecule has 1 heterocycles. The molecule has 0 atom stereocenters. The van der Waals surface area contributed by atoms with Crippen LogP contribution in [-0.4, -0.2) is 63.7 Å². The highest BCUT2D eigenvalue weighted by molar-refractivity contribution is 5.93. The van der Waals surface area contributed by atoms with Crippen LogP contribution in [0.15, 0.2) is 53.5 Å². The van der Waals surface area contributed by atoms with E-state index >= 15 is 0 Å². The molecule has 1 aliphatic rings. The van der Waals surface area contributed by atoms with E-state index in [-0.39, 0.29) is 5.91 Å². The van der Waals surface area contributed by atoms with Crippen LogP contribution in [0.1, 0.15) is 28.4 Å². The van der Waals surface area contributed by atoms with Crippen LogP contribution in [0.2, 0.25) is 0 Å². The van der Waals surface area contributed by atoms with E-state index in [1.165, 1.54) is 11.3 Å². The van der Waals surface area contributed by atoms with Gasteiger partial charge in [-0.25, -0.2) is 4.99 Å². The van der Waals surface area contributed by atoms with Crippen molar-refractivity contribution in [3.8, 4) is 0 Å². The molecule has 166 valence electrons. The first-order valence-corrected chi connectivity index (χ1v) is 10.8. The van der Waals surface area contributed by atoms with E-state index < -0.39 is 0 Å². The Kier molecular flexibility index (Phi) is 8.29. The molecule has 0 aliphatic carbocycles. The molecule has 2 aromatic carbocycles. The fraction of sp³-hybridized carbons (Fsp3) is 0.417. The van der Waals surface area contributed by atoms with Crippen molar-refractivity contribution in [3.63, 3.8) is 0 Å². The van der Waals surface area contributed by atoms with E-state index in [1.54, 1.807) is 19.0 Å². The van der Waals surface area contributed by atoms with Crippen LogP contribution >= 0.6 is 0 Å². The molecule has 1 fully saturated rings. The van der Waals surface area contributed by atoms with Crippen LogP contribution in [0.5, 0.6) is 0 Å². The van der Waals surface area contributed by atoms with Crippen LogP contribution in [0.3, 0.4) is 0 Å². The second-order valence-electron chi connectivity index (χ2n) is 7.67. The van der Waals surface area contributed by atoms with E-state index in [1.807, 2.05) is 24.3 Å². The molecule has 0 radical (unpaired) electrons. The monoisotopic (exact) mass is 423 g/mol. The number of ether oxygens (including phenoxy) is 1. The molecular weight excluding hydrogens is 390 g/mol. The Balaban J connectivity index is 1.64. The van der Waals surface area contributed by atoms with Gasteiger partial charge in [0.05, 0.1) is 19.8 Å². The second-order valence-corrected chi connectivity index (χ2v) is 7.67. The number of carbonyl (C=O) groups is 1. The summed E-state index contributed by atoms with van der Waals surface area (Å²) in [7, 11) is 3.51. The van der Waals surface area contributed by atoms with Gasteiger partial charge in [-0.2, -0.15) is 0 Å². The van der Waals surface area contributed by atoms with Crippen molar-refractivity contribution in [3.05, 3.63) is 65.2 Å². The molecule has 2 N–H and O–H groups in total. The maximum Gasteiger partial charge on any atom is 0.253 e. The number of hydrogen-bond acceptors (Lipinski definition) is 4. The Morgan fingerprint density at radius 1 is 1.06 bits per heavy atom. The zero-order valence-electron chi connectivity index (χ0n) is 18.7. The number of benzene rings is 2. The molecule has 1 aliphatic heterocycles. The minimum absolute atomic E-state index is 0.00369. The average Bonchev–Trinajstić information content (AvgIpc) is 2.81. The van der Waals surface area contributed by atoms with Gasteiger partial charge in [0, 0.05) is 51.5 Å². The third-order valence-electron chi connectivity index (χ3n) is 5.16. The van der Waals surface area contributed by atoms with Gasteiger partial charge in [0.1, 0.15) is 0 Å². The number of carbonyl (C=O) groups excluding carboxylic acids is 1. The molecule has 3 rings (SSSR count). The van der Waals surface area contributed by atoms with Crippen molar-refractivity contribution >= 4 is 17.6 Å². The summed E-state index contributed by atoms with van der Waals surface area (Å²) in [6, 6.07) is 16.1. The Bertz CT molecular complexity index is 874. The largest absolute Gasteiger partial charge is 0.378 e. The predicted octanol–water partition coefficient (Wildman–Crippen LogP) is 2.48. The van der Waals surface area contributed by atoms with E-state index in [9.17, 15) is 4.79 Å². The summed E-state index contributed by atoms with van der Waals surface area (Å²) in [6.07, 6.45) is 0. The highest BCUT2D eigenvalue weighted by Crippen LogP contribution is 2.21. The van der Waals surface area contributed by atoms with Gasteiger partial charge >= 0.3 is 0 Å². The summed E-state index contributed by atoms with van der Waals surface area (Å²) in [4.78, 5) is 20.7. The lowest BCUT2D eigenvalue weighted by atomic mass is 10.1. The number of nitrogens with zero attached hydrogens (tertiary/aromatic N) is 3. The maximum absolute atomic E-state index is 12.0. The van der Waals surface area contributed by atoms with Crippen LogP contribution < -0.4 is 15.5 Å². The molecule has 7 heteroatoms. The van der Waals surface area contributed by atoms with Crippen LogP contribution in [-0.2, 0) is 17.8 Å². The van der Waals surface area contributed by atoms with E-state index in [4.69, 9.17) is 9.73 Å². The molecular formula is C24H33N5O2. The summed E-state index contributed by atoms with van der Waals surface area (Å²) in [6.45, 7) is 7.44. The van der Waals surface area contributed by atoms with E-state index in [2.05, 4.69) is 46.7 Å². The summed E-state index contributed by atoms with van der Waals surface area (Å²) < 4.78 is 5.49. The smallest absolute Gasteiger partial charge is 0.253 e. The Morgan fingerprint density at radius 3 is 2.45 bits per heavy atom. The third kappa shape index (κ3) is 6.46. The quantitative estimate of drug-likeness (QED) is 0.529. The van der Waals surface area contributed by atoms with Gasteiger partial charge in [-0.3, -0.25) is 4.79 Å². The zero-order valence-corrected chi connectivity index (χ0v) is 18.7. The van der Waals surface area contributed by atoms with Gasteiger partial charge < -0.3 is 25.2 Å². The van der Waals surface area contributed by atoms with Gasteiger partial charge in [0.2, 0.25) is 0 Å². The maximum atomic E-state index is 12.0. The molecule has 0 spiro atoms. The Morgan fingerprint density at radius 2 is 1.77 bits per heavy atom. The van der Waals surface area contributed by atoms with Crippen molar-refractivity contribution in [2.45, 2.75) is 20.0 Å². The molecule has 1 saturated heterocycles. The van der Waals surface area contributed by atoms with Crippen molar-refractivity contribution in [2.75, 3.05) is 51.8 Å². The lowest BCUT2D eigenvalue weighted by molar-refractivity contribution is 0.0827. The Labute approximate surface area is 185 Å². The summed E-state index contributed by atoms with van der Waals surface area (Å²) >= 11 is 0. The van der Waals surface area contributed by atoms with Crippen LogP contribution in [0.4, 0.5) is 5.69 Å². The fourth-order valence-corrected chi connectivity index (χ4v) is 3.48. The third-order valence-corrected chi connectivity index (χ3v) is 5.16. The molecule has 31 heavy (non-hydrogen) atoms. The molecule has 7 nitrogen and oxygen atoms in total. The minimum atomic E-state index is 0.00369. The SMILES string of the molecule is CCNC(=NCc1ccc(C(=O)N(C)C)cc1)NCc1ccccc1N1CCOCC1. The van der Waals surface area contributed by atoms with Gasteiger partial charge in [0.25, 0.3) is 5.91 Å². The minimum Gasteiger partial charge on any atom is -0.378 e. The Hall–Kier alpha value is -3.06. The van der Waals surface area contributed by atoms with Crippen molar-refractivity contribution in [2.24, 2.45) is 4.99 Å². The molecule has 0 saturated carbocycles. The van der Waals surface area contributed by atoms with Gasteiger partial charge in [0.15, 0.2) is 5.96 Å². The molecule has 2 aromatic rings. The number of guanidine groups is 1. The van der Waals surface area contributed by atoms with Gasteiger partial charge in [-0.05, 0) is 36.2 Å². The molecule has 1 amide bonds. The normalized spacial score (nSPS) is 14.3. The highest BCUT2D eigenvalue weighted by Gasteiger charge is 2.14. The number of morpholine rings is 1. The number of rotatable bonds is 7. The number of nitrogens with one attached hydrogen (secondary N) is 2. The van der Waals surface area contributed by atoms with Gasteiger partial charge in [-0.15, -0.1) is 0 Å². The lowest BCUT2D eigenvalue weighted by Crippen LogP contribution is -2.39. The first kappa shape index (κ1) is 22.6. The molecule has 0 unspecified atom stereocenters.